The van der Waals surface area contributed by atoms with Crippen molar-refractivity contribution in [2.24, 2.45) is 0 Å². The normalized spacial score (nSPS) is 23.7. The molecule has 40 heavy (non-hydrogen) atoms. The molecular formula is C27H28FN9O3. The van der Waals surface area contributed by atoms with Crippen molar-refractivity contribution in [3.63, 3.8) is 0 Å². The minimum Gasteiger partial charge on any atom is -0.488 e. The van der Waals surface area contributed by atoms with E-state index in [-0.39, 0.29) is 24.0 Å². The van der Waals surface area contributed by atoms with Gasteiger partial charge in [0.2, 0.25) is 0 Å². The van der Waals surface area contributed by atoms with Crippen molar-refractivity contribution >= 4 is 5.52 Å². The van der Waals surface area contributed by atoms with Crippen LogP contribution in [-0.4, -0.2) is 82.8 Å². The molecule has 0 spiro atoms. The quantitative estimate of drug-likeness (QED) is 0.368. The summed E-state index contributed by atoms with van der Waals surface area (Å²) in [5.74, 6) is -0.187. The predicted molar refractivity (Wildman–Crippen MR) is 138 cm³/mol. The van der Waals surface area contributed by atoms with E-state index in [0.717, 1.165) is 37.9 Å². The summed E-state index contributed by atoms with van der Waals surface area (Å²) in [6.45, 7) is 3.52. The van der Waals surface area contributed by atoms with Crippen LogP contribution >= 0.6 is 0 Å². The summed E-state index contributed by atoms with van der Waals surface area (Å²) in [7, 11) is 0. The van der Waals surface area contributed by atoms with Crippen LogP contribution in [-0.2, 0) is 4.74 Å². The second-order valence-corrected chi connectivity index (χ2v) is 10.8. The second-order valence-electron chi connectivity index (χ2n) is 10.8. The van der Waals surface area contributed by atoms with Gasteiger partial charge in [-0.3, -0.25) is 9.88 Å². The number of hydrogen-bond donors (Lipinski definition) is 1. The van der Waals surface area contributed by atoms with Crippen LogP contribution in [0.2, 0.25) is 0 Å². The number of nitriles is 1. The highest BCUT2D eigenvalue weighted by Crippen LogP contribution is 2.43. The fraction of sp³-hybridized carbons (Fsp3) is 0.481. The summed E-state index contributed by atoms with van der Waals surface area (Å²) in [6, 6.07) is 8.32. The molecule has 7 rings (SSSR count). The van der Waals surface area contributed by atoms with Crippen LogP contribution in [0.5, 0.6) is 5.75 Å². The van der Waals surface area contributed by atoms with Gasteiger partial charge >= 0.3 is 0 Å². The van der Waals surface area contributed by atoms with Gasteiger partial charge in [-0.05, 0) is 50.8 Å². The third-order valence-corrected chi connectivity index (χ3v) is 8.42. The molecule has 0 saturated carbocycles. The SMILES string of the molecule is Cc1c(-c2cc(OCC(O)c3ccc(F)cn3)c3c(C#N)nnn3c2)nnn1C1C[C@H]2CC[C@@H](C1)N2C1COC1. The molecule has 3 aliphatic heterocycles. The zero-order valence-corrected chi connectivity index (χ0v) is 21.9. The van der Waals surface area contributed by atoms with E-state index in [0.29, 0.717) is 40.6 Å². The predicted octanol–water partition coefficient (Wildman–Crippen LogP) is 2.38. The van der Waals surface area contributed by atoms with E-state index in [9.17, 15) is 14.8 Å². The zero-order chi connectivity index (χ0) is 27.4. The number of ether oxygens (including phenoxy) is 2. The molecule has 1 N–H and O–H groups in total. The molecule has 3 saturated heterocycles. The molecule has 3 aliphatic rings. The first kappa shape index (κ1) is 25.0. The Morgan fingerprint density at radius 3 is 2.62 bits per heavy atom. The Kier molecular flexibility index (Phi) is 6.18. The molecule has 13 heteroatoms. The Morgan fingerprint density at radius 2 is 1.95 bits per heavy atom. The number of aromatic nitrogens is 7. The van der Waals surface area contributed by atoms with Gasteiger partial charge in [0.1, 0.15) is 41.6 Å². The summed E-state index contributed by atoms with van der Waals surface area (Å²) < 4.78 is 28.2. The average Bonchev–Trinajstić information content (AvgIpc) is 3.59. The number of piperidine rings is 1. The molecule has 4 aromatic rings. The number of rotatable bonds is 7. The van der Waals surface area contributed by atoms with Crippen molar-refractivity contribution in [1.82, 2.24) is 39.7 Å². The van der Waals surface area contributed by atoms with E-state index in [2.05, 4.69) is 30.5 Å². The van der Waals surface area contributed by atoms with Gasteiger partial charge in [0.25, 0.3) is 0 Å². The maximum Gasteiger partial charge on any atom is 0.194 e. The highest BCUT2D eigenvalue weighted by atomic mass is 19.1. The highest BCUT2D eigenvalue weighted by Gasteiger charge is 2.46. The molecule has 7 heterocycles. The van der Waals surface area contributed by atoms with Gasteiger partial charge in [-0.15, -0.1) is 10.2 Å². The van der Waals surface area contributed by atoms with Crippen LogP contribution in [0.3, 0.4) is 0 Å². The summed E-state index contributed by atoms with van der Waals surface area (Å²) in [5, 5.41) is 37.3. The Morgan fingerprint density at radius 1 is 1.15 bits per heavy atom. The molecule has 0 radical (unpaired) electrons. The van der Waals surface area contributed by atoms with Gasteiger partial charge in [-0.2, -0.15) is 5.26 Å². The second kappa shape index (κ2) is 9.88. The maximum absolute atomic E-state index is 13.2. The third kappa shape index (κ3) is 4.19. The zero-order valence-electron chi connectivity index (χ0n) is 21.9. The monoisotopic (exact) mass is 545 g/mol. The smallest absolute Gasteiger partial charge is 0.194 e. The van der Waals surface area contributed by atoms with Crippen molar-refractivity contribution < 1.29 is 19.0 Å². The van der Waals surface area contributed by atoms with Crippen LogP contribution < -0.4 is 4.74 Å². The molecule has 0 amide bonds. The summed E-state index contributed by atoms with van der Waals surface area (Å²) in [5.41, 5.74) is 3.05. The Bertz CT molecular complexity index is 1580. The van der Waals surface area contributed by atoms with Crippen LogP contribution in [0.1, 0.15) is 54.9 Å². The van der Waals surface area contributed by atoms with Crippen LogP contribution in [0.25, 0.3) is 16.8 Å². The van der Waals surface area contributed by atoms with Gasteiger partial charge in [0.05, 0.1) is 42.9 Å². The van der Waals surface area contributed by atoms with Crippen molar-refractivity contribution in [1.29, 1.82) is 5.26 Å². The molecule has 2 unspecified atom stereocenters. The maximum atomic E-state index is 13.2. The first-order valence-electron chi connectivity index (χ1n) is 13.5. The lowest BCUT2D eigenvalue weighted by Crippen LogP contribution is -2.56. The molecular weight excluding hydrogens is 517 g/mol. The molecule has 4 aromatic heterocycles. The molecule has 0 aromatic carbocycles. The first-order valence-corrected chi connectivity index (χ1v) is 13.5. The van der Waals surface area contributed by atoms with E-state index < -0.39 is 11.9 Å². The van der Waals surface area contributed by atoms with Gasteiger partial charge in [-0.25, -0.2) is 13.6 Å². The number of aliphatic hydroxyl groups is 1. The van der Waals surface area contributed by atoms with Crippen LogP contribution in [0.15, 0.2) is 30.6 Å². The summed E-state index contributed by atoms with van der Waals surface area (Å²) in [4.78, 5) is 6.60. The van der Waals surface area contributed by atoms with Crippen molar-refractivity contribution in [2.75, 3.05) is 19.8 Å². The largest absolute Gasteiger partial charge is 0.488 e. The lowest BCUT2D eigenvalue weighted by Gasteiger charge is -2.46. The van der Waals surface area contributed by atoms with E-state index in [1.807, 2.05) is 17.7 Å². The van der Waals surface area contributed by atoms with Crippen molar-refractivity contribution in [3.8, 4) is 23.1 Å². The fourth-order valence-electron chi connectivity index (χ4n) is 6.48. The van der Waals surface area contributed by atoms with E-state index in [1.165, 1.54) is 29.5 Å². The van der Waals surface area contributed by atoms with Crippen molar-refractivity contribution in [3.05, 3.63) is 53.5 Å². The number of hydrogen-bond acceptors (Lipinski definition) is 10. The van der Waals surface area contributed by atoms with Crippen molar-refractivity contribution in [2.45, 2.75) is 62.9 Å². The number of halogens is 1. The minimum absolute atomic E-state index is 0.0930. The summed E-state index contributed by atoms with van der Waals surface area (Å²) in [6.07, 6.45) is 6.17. The number of nitrogens with zero attached hydrogens (tertiary/aromatic N) is 9. The number of aliphatic hydroxyl groups excluding tert-OH is 1. The van der Waals surface area contributed by atoms with E-state index in [1.54, 1.807) is 12.3 Å². The highest BCUT2D eigenvalue weighted by molar-refractivity contribution is 5.73. The third-order valence-electron chi connectivity index (χ3n) is 8.42. The average molecular weight is 546 g/mol. The Labute approximate surface area is 228 Å². The van der Waals surface area contributed by atoms with Crippen LogP contribution in [0.4, 0.5) is 4.39 Å². The standard InChI is InChI=1S/C27H28FN9O3/c1-15-26(32-34-37(15)20-7-18-3-4-19(8-20)36(18)21-12-39-13-21)16-6-25(27-23(9-29)31-33-35(27)11-16)40-14-24(38)22-5-2-17(28)10-30-22/h2,5-6,10-11,18-21,24,38H,3-4,7-8,12-14H2,1H3/t18-,19+,20?,24?. The Balaban J connectivity index is 1.17. The van der Waals surface area contributed by atoms with E-state index >= 15 is 0 Å². The van der Waals surface area contributed by atoms with Gasteiger partial charge < -0.3 is 14.6 Å². The number of pyridine rings is 2. The first-order chi connectivity index (χ1) is 19.5. The molecule has 4 atom stereocenters. The molecule has 3 fully saturated rings. The van der Waals surface area contributed by atoms with E-state index in [4.69, 9.17) is 9.47 Å². The van der Waals surface area contributed by atoms with Gasteiger partial charge in [0, 0.05) is 23.8 Å². The minimum atomic E-state index is -1.11. The molecule has 12 nitrogen and oxygen atoms in total. The molecule has 206 valence electrons. The molecule has 0 aliphatic carbocycles. The summed E-state index contributed by atoms with van der Waals surface area (Å²) >= 11 is 0. The fourth-order valence-corrected chi connectivity index (χ4v) is 6.48. The van der Waals surface area contributed by atoms with Gasteiger partial charge in [0.15, 0.2) is 5.69 Å². The number of fused-ring (bicyclic) bond motifs is 3. The lowest BCUT2D eigenvalue weighted by atomic mass is 9.94. The topological polar surface area (TPSA) is 140 Å². The Hall–Kier alpha value is -3.99. The van der Waals surface area contributed by atoms with Gasteiger partial charge in [-0.1, -0.05) is 10.4 Å². The van der Waals surface area contributed by atoms with Crippen LogP contribution in [0, 0.1) is 24.1 Å². The molecule has 2 bridgehead atoms. The lowest BCUT2D eigenvalue weighted by molar-refractivity contribution is -0.0960.